The van der Waals surface area contributed by atoms with E-state index in [0.29, 0.717) is 6.42 Å². The van der Waals surface area contributed by atoms with Crippen LogP contribution in [0.1, 0.15) is 64.7 Å². The molecule has 0 aromatic rings. The van der Waals surface area contributed by atoms with Gasteiger partial charge in [-0.1, -0.05) is 44.1 Å². The van der Waals surface area contributed by atoms with Crippen molar-refractivity contribution in [1.82, 2.24) is 0 Å². The summed E-state index contributed by atoms with van der Waals surface area (Å²) in [4.78, 5) is 0. The SMILES string of the molecule is CC/C=C/CCCCCC/C=C/CCC#N. The Morgan fingerprint density at radius 1 is 0.812 bits per heavy atom. The molecule has 0 spiro atoms. The topological polar surface area (TPSA) is 23.8 Å². The summed E-state index contributed by atoms with van der Waals surface area (Å²) in [7, 11) is 0. The van der Waals surface area contributed by atoms with Gasteiger partial charge in [-0.2, -0.15) is 5.26 Å². The zero-order valence-corrected chi connectivity index (χ0v) is 10.6. The van der Waals surface area contributed by atoms with E-state index in [1.165, 1.54) is 38.5 Å². The first-order valence-corrected chi connectivity index (χ1v) is 6.58. The Morgan fingerprint density at radius 3 is 1.94 bits per heavy atom. The molecular weight excluding hydrogens is 194 g/mol. The summed E-state index contributed by atoms with van der Waals surface area (Å²) in [5.41, 5.74) is 0. The summed E-state index contributed by atoms with van der Waals surface area (Å²) in [6.45, 7) is 2.18. The molecule has 1 nitrogen and oxygen atoms in total. The maximum absolute atomic E-state index is 8.34. The van der Waals surface area contributed by atoms with E-state index in [0.717, 1.165) is 12.8 Å². The van der Waals surface area contributed by atoms with E-state index in [4.69, 9.17) is 5.26 Å². The summed E-state index contributed by atoms with van der Waals surface area (Å²) in [5.74, 6) is 0. The molecule has 0 aromatic heterocycles. The van der Waals surface area contributed by atoms with E-state index in [1.54, 1.807) is 0 Å². The number of allylic oxidation sites excluding steroid dienone is 4. The lowest BCUT2D eigenvalue weighted by atomic mass is 10.1. The monoisotopic (exact) mass is 219 g/mol. The van der Waals surface area contributed by atoms with Crippen LogP contribution in [0.2, 0.25) is 0 Å². The highest BCUT2D eigenvalue weighted by Crippen LogP contribution is 2.06. The molecule has 0 N–H and O–H groups in total. The smallest absolute Gasteiger partial charge is 0.0624 e. The minimum absolute atomic E-state index is 0.653. The molecular formula is C15H25N. The molecule has 0 atom stereocenters. The molecule has 0 aliphatic rings. The number of nitrogens with zero attached hydrogens (tertiary/aromatic N) is 1. The second-order valence-corrected chi connectivity index (χ2v) is 4.04. The third-order valence-corrected chi connectivity index (χ3v) is 2.48. The Kier molecular flexibility index (Phi) is 13.1. The second kappa shape index (κ2) is 14.0. The summed E-state index contributed by atoms with van der Waals surface area (Å²) in [6, 6.07) is 2.15. The molecule has 1 heteroatoms. The van der Waals surface area contributed by atoms with E-state index < -0.39 is 0 Å². The summed E-state index contributed by atoms with van der Waals surface area (Å²) < 4.78 is 0. The molecule has 0 aromatic carbocycles. The minimum Gasteiger partial charge on any atom is -0.198 e. The lowest BCUT2D eigenvalue weighted by molar-refractivity contribution is 0.651. The van der Waals surface area contributed by atoms with Crippen LogP contribution in [-0.4, -0.2) is 0 Å². The summed E-state index contributed by atoms with van der Waals surface area (Å²) >= 11 is 0. The number of hydrogen-bond acceptors (Lipinski definition) is 1. The molecule has 0 rings (SSSR count). The number of rotatable bonds is 10. The molecule has 0 saturated heterocycles. The van der Waals surface area contributed by atoms with Gasteiger partial charge < -0.3 is 0 Å². The highest BCUT2D eigenvalue weighted by molar-refractivity contribution is 4.85. The number of nitriles is 1. The third kappa shape index (κ3) is 13.0. The van der Waals surface area contributed by atoms with Gasteiger partial charge in [0.15, 0.2) is 0 Å². The van der Waals surface area contributed by atoms with Gasteiger partial charge in [0.1, 0.15) is 0 Å². The normalized spacial score (nSPS) is 11.2. The Morgan fingerprint density at radius 2 is 1.38 bits per heavy atom. The molecule has 0 heterocycles. The van der Waals surface area contributed by atoms with Gasteiger partial charge in [0, 0.05) is 6.42 Å². The van der Waals surface area contributed by atoms with Crippen molar-refractivity contribution < 1.29 is 0 Å². The van der Waals surface area contributed by atoms with Gasteiger partial charge in [0.25, 0.3) is 0 Å². The molecule has 90 valence electrons. The largest absolute Gasteiger partial charge is 0.198 e. The molecule has 0 fully saturated rings. The van der Waals surface area contributed by atoms with E-state index in [2.05, 4.69) is 37.3 Å². The van der Waals surface area contributed by atoms with Crippen molar-refractivity contribution in [2.45, 2.75) is 64.7 Å². The van der Waals surface area contributed by atoms with Gasteiger partial charge in [-0.3, -0.25) is 0 Å². The van der Waals surface area contributed by atoms with Crippen LogP contribution in [0.25, 0.3) is 0 Å². The fourth-order valence-corrected chi connectivity index (χ4v) is 1.55. The van der Waals surface area contributed by atoms with Crippen LogP contribution in [0.3, 0.4) is 0 Å². The lowest BCUT2D eigenvalue weighted by Crippen LogP contribution is -1.77. The fourth-order valence-electron chi connectivity index (χ4n) is 1.55. The lowest BCUT2D eigenvalue weighted by Gasteiger charge is -1.96. The predicted octanol–water partition coefficient (Wildman–Crippen LogP) is 5.15. The van der Waals surface area contributed by atoms with E-state index in [9.17, 15) is 0 Å². The summed E-state index contributed by atoms with van der Waals surface area (Å²) in [5, 5.41) is 8.34. The van der Waals surface area contributed by atoms with Gasteiger partial charge >= 0.3 is 0 Å². The highest BCUT2D eigenvalue weighted by atomic mass is 14.2. The van der Waals surface area contributed by atoms with Gasteiger partial charge in [0.05, 0.1) is 6.07 Å². The van der Waals surface area contributed by atoms with Crippen LogP contribution in [0.5, 0.6) is 0 Å². The van der Waals surface area contributed by atoms with Crippen LogP contribution in [0, 0.1) is 11.3 Å². The molecule has 16 heavy (non-hydrogen) atoms. The van der Waals surface area contributed by atoms with Gasteiger partial charge in [-0.25, -0.2) is 0 Å². The zero-order chi connectivity index (χ0) is 11.9. The molecule has 0 saturated carbocycles. The van der Waals surface area contributed by atoms with Gasteiger partial charge in [-0.15, -0.1) is 0 Å². The average Bonchev–Trinajstić information content (AvgIpc) is 2.31. The van der Waals surface area contributed by atoms with E-state index in [-0.39, 0.29) is 0 Å². The molecule has 0 aliphatic heterocycles. The first-order valence-electron chi connectivity index (χ1n) is 6.58. The quantitative estimate of drug-likeness (QED) is 0.368. The first-order chi connectivity index (χ1) is 7.91. The van der Waals surface area contributed by atoms with Crippen molar-refractivity contribution in [3.05, 3.63) is 24.3 Å². The Labute approximate surface area is 101 Å². The Bertz CT molecular complexity index is 220. The first kappa shape index (κ1) is 15.0. The van der Waals surface area contributed by atoms with Crippen molar-refractivity contribution in [3.63, 3.8) is 0 Å². The maximum Gasteiger partial charge on any atom is 0.0624 e. The van der Waals surface area contributed by atoms with Gasteiger partial charge in [-0.05, 0) is 38.5 Å². The van der Waals surface area contributed by atoms with Crippen molar-refractivity contribution in [2.24, 2.45) is 0 Å². The number of unbranched alkanes of at least 4 members (excludes halogenated alkanes) is 6. The molecule has 0 radical (unpaired) electrons. The molecule has 0 unspecified atom stereocenters. The Hall–Kier alpha value is -1.03. The van der Waals surface area contributed by atoms with Crippen LogP contribution in [0.15, 0.2) is 24.3 Å². The van der Waals surface area contributed by atoms with Crippen LogP contribution in [-0.2, 0) is 0 Å². The summed E-state index contributed by atoms with van der Waals surface area (Å²) in [6.07, 6.45) is 19.3. The minimum atomic E-state index is 0.653. The average molecular weight is 219 g/mol. The predicted molar refractivity (Wildman–Crippen MR) is 71.1 cm³/mol. The highest BCUT2D eigenvalue weighted by Gasteiger charge is 1.87. The molecule has 0 amide bonds. The maximum atomic E-state index is 8.34. The third-order valence-electron chi connectivity index (χ3n) is 2.48. The fraction of sp³-hybridized carbons (Fsp3) is 0.667. The molecule has 0 aliphatic carbocycles. The van der Waals surface area contributed by atoms with Crippen molar-refractivity contribution in [3.8, 4) is 6.07 Å². The van der Waals surface area contributed by atoms with Crippen molar-refractivity contribution in [1.29, 1.82) is 5.26 Å². The Balaban J connectivity index is 3.07. The van der Waals surface area contributed by atoms with Crippen molar-refractivity contribution >= 4 is 0 Å². The number of hydrogen-bond donors (Lipinski definition) is 0. The van der Waals surface area contributed by atoms with E-state index in [1.807, 2.05) is 0 Å². The molecule has 0 bridgehead atoms. The van der Waals surface area contributed by atoms with Gasteiger partial charge in [0.2, 0.25) is 0 Å². The van der Waals surface area contributed by atoms with Crippen molar-refractivity contribution in [2.75, 3.05) is 0 Å². The zero-order valence-electron chi connectivity index (χ0n) is 10.6. The van der Waals surface area contributed by atoms with Crippen LogP contribution < -0.4 is 0 Å². The standard InChI is InChI=1S/C15H25N/c1-2-3-4-5-6-7-8-9-10-11-12-13-14-15-16/h3-4,11-12H,2,5-10,13-14H2,1H3/b4-3+,12-11+. The van der Waals surface area contributed by atoms with E-state index >= 15 is 0 Å². The second-order valence-electron chi connectivity index (χ2n) is 4.04. The van der Waals surface area contributed by atoms with Crippen LogP contribution >= 0.6 is 0 Å². The van der Waals surface area contributed by atoms with Crippen LogP contribution in [0.4, 0.5) is 0 Å².